The molecule has 0 spiro atoms. The number of pyridine rings is 1. The van der Waals surface area contributed by atoms with Gasteiger partial charge in [0, 0.05) is 36.7 Å². The smallest absolute Gasteiger partial charge is 0.320 e. The van der Waals surface area contributed by atoms with Crippen LogP contribution in [-0.2, 0) is 10.2 Å². The number of carbonyl (C=O) groups excluding carboxylic acids is 1. The number of likely N-dealkylation sites (N-methyl/N-ethyl adjacent to an activating group) is 1. The summed E-state index contributed by atoms with van der Waals surface area (Å²) in [4.78, 5) is 26.4. The second-order valence-electron chi connectivity index (χ2n) is 15.2. The molecule has 2 amide bonds. The van der Waals surface area contributed by atoms with Crippen LogP contribution >= 0.6 is 0 Å². The van der Waals surface area contributed by atoms with E-state index in [0.717, 1.165) is 66.5 Å². The molecular weight excluding hydrogens is 703 g/mol. The molecule has 7 rings (SSSR count). The molecule has 0 radical (unpaired) electrons. The Labute approximate surface area is 320 Å². The number of fused-ring (bicyclic) bond motifs is 2. The van der Waals surface area contributed by atoms with Gasteiger partial charge < -0.3 is 29.7 Å². The number of carboxylic acid groups (broad SMARTS) is 1. The topological polar surface area (TPSA) is 177 Å². The van der Waals surface area contributed by atoms with Gasteiger partial charge >= 0.3 is 6.03 Å². The Balaban J connectivity index is 0.00000166. The van der Waals surface area contributed by atoms with Crippen LogP contribution in [0.5, 0.6) is 11.6 Å². The largest absolute Gasteiger partial charge is 0.484 e. The van der Waals surface area contributed by atoms with E-state index in [4.69, 9.17) is 24.5 Å². The van der Waals surface area contributed by atoms with Crippen molar-refractivity contribution in [1.29, 1.82) is 0 Å². The van der Waals surface area contributed by atoms with Gasteiger partial charge in [-0.2, -0.15) is 10.2 Å². The average molecular weight is 754 g/mol. The fourth-order valence-corrected chi connectivity index (χ4v) is 6.91. The molecule has 5 heterocycles. The molecule has 292 valence electrons. The first-order valence-electron chi connectivity index (χ1n) is 18.7. The van der Waals surface area contributed by atoms with Crippen molar-refractivity contribution >= 4 is 29.9 Å². The number of hydrogen-bond acceptors (Lipinski definition) is 11. The maximum Gasteiger partial charge on any atom is 0.320 e. The second kappa shape index (κ2) is 17.1. The molecule has 0 saturated carbocycles. The third kappa shape index (κ3) is 9.31. The minimum absolute atomic E-state index is 0.173. The summed E-state index contributed by atoms with van der Waals surface area (Å²) < 4.78 is 16.2. The summed E-state index contributed by atoms with van der Waals surface area (Å²) in [5.74, 6) is 2.51. The first kappa shape index (κ1) is 38.9. The Hall–Kier alpha value is -5.77. The van der Waals surface area contributed by atoms with Gasteiger partial charge in [-0.05, 0) is 76.4 Å². The molecule has 1 fully saturated rings. The number of urea groups is 1. The fourth-order valence-electron chi connectivity index (χ4n) is 6.91. The van der Waals surface area contributed by atoms with E-state index in [0.29, 0.717) is 36.5 Å². The Morgan fingerprint density at radius 1 is 1.04 bits per heavy atom. The van der Waals surface area contributed by atoms with Gasteiger partial charge in [0.2, 0.25) is 11.8 Å². The van der Waals surface area contributed by atoms with Gasteiger partial charge in [0.05, 0.1) is 29.8 Å². The lowest BCUT2D eigenvalue weighted by Gasteiger charge is -2.33. The second-order valence-corrected chi connectivity index (χ2v) is 15.2. The van der Waals surface area contributed by atoms with E-state index in [1.807, 2.05) is 59.9 Å². The molecule has 4 aromatic heterocycles. The Bertz CT molecular complexity index is 2070. The van der Waals surface area contributed by atoms with Crippen molar-refractivity contribution in [2.24, 2.45) is 0 Å². The number of nitrogens with zero attached hydrogens (tertiary/aromatic N) is 9. The van der Waals surface area contributed by atoms with Crippen molar-refractivity contribution in [3.05, 3.63) is 77.7 Å². The highest BCUT2D eigenvalue weighted by Gasteiger charge is 2.31. The van der Waals surface area contributed by atoms with Crippen molar-refractivity contribution in [3.8, 4) is 17.3 Å². The number of amides is 2. The van der Waals surface area contributed by atoms with E-state index in [1.54, 1.807) is 16.9 Å². The lowest BCUT2D eigenvalue weighted by atomic mass is 9.85. The van der Waals surface area contributed by atoms with Gasteiger partial charge in [-0.25, -0.2) is 9.48 Å². The van der Waals surface area contributed by atoms with E-state index in [9.17, 15) is 4.79 Å². The highest BCUT2D eigenvalue weighted by molar-refractivity contribution is 5.89. The molecule has 2 aliphatic rings. The zero-order valence-corrected chi connectivity index (χ0v) is 32.3. The monoisotopic (exact) mass is 753 g/mol. The Morgan fingerprint density at radius 3 is 2.56 bits per heavy atom. The third-order valence-electron chi connectivity index (χ3n) is 9.81. The van der Waals surface area contributed by atoms with E-state index < -0.39 is 0 Å². The molecule has 0 bridgehead atoms. The molecule has 5 aromatic rings. The van der Waals surface area contributed by atoms with Crippen LogP contribution in [0, 0.1) is 0 Å². The quantitative estimate of drug-likeness (QED) is 0.146. The summed E-state index contributed by atoms with van der Waals surface area (Å²) in [5.41, 5.74) is 4.07. The van der Waals surface area contributed by atoms with E-state index >= 15 is 0 Å². The SMILES string of the molecule is CC1CCCCN1c1nnc2ccc(OC3CCC(NC(=O)Nc4cc(C(C)(C)C)nn4-c4cnnc(OCCN(C)C)c4)c4ccccc43)cn12.O=CO. The van der Waals surface area contributed by atoms with Crippen LogP contribution in [0.2, 0.25) is 0 Å². The number of piperidine rings is 1. The average Bonchev–Trinajstić information content (AvgIpc) is 3.78. The number of rotatable bonds is 10. The summed E-state index contributed by atoms with van der Waals surface area (Å²) in [6.07, 6.45) is 8.40. The molecule has 1 aliphatic heterocycles. The molecule has 16 nitrogen and oxygen atoms in total. The van der Waals surface area contributed by atoms with E-state index in [2.05, 4.69) is 75.8 Å². The van der Waals surface area contributed by atoms with Crippen molar-refractivity contribution in [1.82, 2.24) is 44.8 Å². The lowest BCUT2D eigenvalue weighted by Crippen LogP contribution is -2.38. The van der Waals surface area contributed by atoms with Gasteiger partial charge in [-0.15, -0.1) is 15.3 Å². The number of carbonyl (C=O) groups is 2. The zero-order valence-electron chi connectivity index (χ0n) is 32.3. The minimum atomic E-state index is -0.331. The van der Waals surface area contributed by atoms with Crippen LogP contribution in [-0.4, -0.2) is 96.9 Å². The molecule has 1 saturated heterocycles. The van der Waals surface area contributed by atoms with Gasteiger partial charge in [-0.1, -0.05) is 45.0 Å². The summed E-state index contributed by atoms with van der Waals surface area (Å²) in [7, 11) is 3.97. The first-order chi connectivity index (χ1) is 26.4. The maximum absolute atomic E-state index is 13.7. The number of hydrogen-bond donors (Lipinski definition) is 3. The molecule has 3 unspecified atom stereocenters. The van der Waals surface area contributed by atoms with Crippen molar-refractivity contribution in [3.63, 3.8) is 0 Å². The molecule has 16 heteroatoms. The number of benzene rings is 1. The van der Waals surface area contributed by atoms with Crippen molar-refractivity contribution < 1.29 is 24.2 Å². The van der Waals surface area contributed by atoms with Crippen molar-refractivity contribution in [2.45, 2.75) is 83.4 Å². The number of ether oxygens (including phenoxy) is 2. The number of nitrogens with one attached hydrogen (secondary N) is 2. The van der Waals surface area contributed by atoms with Gasteiger partial charge in [0.1, 0.15) is 24.3 Å². The predicted octanol–water partition coefficient (Wildman–Crippen LogP) is 5.80. The fraction of sp³-hybridized carbons (Fsp3) is 0.462. The number of aromatic nitrogens is 7. The molecular formula is C39H51N11O5. The normalized spacial score (nSPS) is 18.2. The summed E-state index contributed by atoms with van der Waals surface area (Å²) in [6, 6.07) is 15.6. The Morgan fingerprint density at radius 2 is 1.82 bits per heavy atom. The van der Waals surface area contributed by atoms with Gasteiger partial charge in [-0.3, -0.25) is 14.5 Å². The van der Waals surface area contributed by atoms with Gasteiger partial charge in [0.25, 0.3) is 6.47 Å². The van der Waals surface area contributed by atoms with Crippen LogP contribution in [0.15, 0.2) is 60.9 Å². The Kier molecular flexibility index (Phi) is 12.1. The highest BCUT2D eigenvalue weighted by Crippen LogP contribution is 2.39. The van der Waals surface area contributed by atoms with Gasteiger partial charge in [0.15, 0.2) is 5.65 Å². The molecule has 3 N–H and O–H groups in total. The first-order valence-corrected chi connectivity index (χ1v) is 18.7. The highest BCUT2D eigenvalue weighted by atomic mass is 16.5. The van der Waals surface area contributed by atoms with Crippen LogP contribution in [0.3, 0.4) is 0 Å². The van der Waals surface area contributed by atoms with Crippen LogP contribution in [0.1, 0.15) is 88.8 Å². The maximum atomic E-state index is 13.7. The van der Waals surface area contributed by atoms with Crippen LogP contribution in [0.25, 0.3) is 11.3 Å². The van der Waals surface area contributed by atoms with Crippen molar-refractivity contribution in [2.75, 3.05) is 44.0 Å². The molecule has 1 aromatic carbocycles. The number of anilines is 2. The minimum Gasteiger partial charge on any atom is -0.484 e. The van der Waals surface area contributed by atoms with Crippen LogP contribution < -0.4 is 25.0 Å². The summed E-state index contributed by atoms with van der Waals surface area (Å²) >= 11 is 0. The molecule has 1 aliphatic carbocycles. The molecule has 55 heavy (non-hydrogen) atoms. The predicted molar refractivity (Wildman–Crippen MR) is 208 cm³/mol. The third-order valence-corrected chi connectivity index (χ3v) is 9.81. The zero-order chi connectivity index (χ0) is 39.1. The lowest BCUT2D eigenvalue weighted by molar-refractivity contribution is -0.122. The van der Waals surface area contributed by atoms with E-state index in [-0.39, 0.29) is 30.1 Å². The van der Waals surface area contributed by atoms with E-state index in [1.165, 1.54) is 6.42 Å². The molecule has 3 atom stereocenters. The summed E-state index contributed by atoms with van der Waals surface area (Å²) in [6.45, 7) is 10.4. The standard InChI is InChI=1S/C38H49N11O3.CH2O2/c1-25-11-9-10-18-47(25)37-44-42-33-17-14-27(24-48(33)37)52-31-16-15-30(28-12-7-8-13-29(28)31)40-36(50)41-34-22-32(38(2,3)4)45-49(34)26-21-35(43-39-23-26)51-20-19-46(5)6;2-1-3/h7-8,12-14,17,21-25,30-31H,9-11,15-16,18-20H2,1-6H3,(H2,40,41,50);1H,(H,2,3). The van der Waals surface area contributed by atoms with Crippen LogP contribution in [0.4, 0.5) is 16.6 Å². The summed E-state index contributed by atoms with van der Waals surface area (Å²) in [5, 5.41) is 35.3.